The smallest absolute Gasteiger partial charge is 0.331 e. The first-order valence-corrected chi connectivity index (χ1v) is 9.91. The molecule has 1 aliphatic carbocycles. The number of nitrogens with one attached hydrogen (secondary N) is 1. The molecular formula is C23H29N3O3. The minimum atomic E-state index is -0.522. The fourth-order valence-corrected chi connectivity index (χ4v) is 3.37. The molecule has 2 aromatic rings. The van der Waals surface area contributed by atoms with E-state index >= 15 is 0 Å². The van der Waals surface area contributed by atoms with E-state index < -0.39 is 5.97 Å². The van der Waals surface area contributed by atoms with Gasteiger partial charge in [-0.2, -0.15) is 0 Å². The summed E-state index contributed by atoms with van der Waals surface area (Å²) < 4.78 is 7.37. The minimum Gasteiger partial charge on any atom is -0.452 e. The molecule has 1 aliphatic rings. The number of hydrogen-bond donors (Lipinski definition) is 1. The maximum absolute atomic E-state index is 11.9. The average Bonchev–Trinajstić information content (AvgIpc) is 3.48. The first kappa shape index (κ1) is 20.7. The van der Waals surface area contributed by atoms with Gasteiger partial charge in [-0.15, -0.1) is 0 Å². The largest absolute Gasteiger partial charge is 0.452 e. The van der Waals surface area contributed by atoms with Crippen LogP contribution in [-0.4, -0.2) is 37.1 Å². The third kappa shape index (κ3) is 5.50. The molecule has 0 unspecified atom stereocenters. The van der Waals surface area contributed by atoms with Crippen molar-refractivity contribution >= 4 is 23.6 Å². The predicted octanol–water partition coefficient (Wildman–Crippen LogP) is 3.38. The molecule has 1 aromatic heterocycles. The number of carbonyl (C=O) groups is 2. The minimum absolute atomic E-state index is 0.292. The highest BCUT2D eigenvalue weighted by atomic mass is 16.5. The standard InChI is InChI=1S/C23H29N3O3/c1-16-13-19(17(2)26(16)21-10-11-21)7-12-23(28)29-15-22(27)24-14-18-5-8-20(9-6-18)25(3)4/h5-9,12-13,21H,10-11,14-15H2,1-4H3,(H,24,27)/b12-7+. The van der Waals surface area contributed by atoms with Gasteiger partial charge in [0.05, 0.1) is 0 Å². The Morgan fingerprint density at radius 2 is 1.90 bits per heavy atom. The zero-order chi connectivity index (χ0) is 21.0. The Morgan fingerprint density at radius 1 is 1.21 bits per heavy atom. The molecule has 1 amide bonds. The van der Waals surface area contributed by atoms with E-state index in [-0.39, 0.29) is 12.5 Å². The lowest BCUT2D eigenvalue weighted by molar-refractivity contribution is -0.143. The van der Waals surface area contributed by atoms with E-state index in [4.69, 9.17) is 4.74 Å². The summed E-state index contributed by atoms with van der Waals surface area (Å²) >= 11 is 0. The van der Waals surface area contributed by atoms with Crippen LogP contribution in [0.15, 0.2) is 36.4 Å². The second-order valence-electron chi connectivity index (χ2n) is 7.71. The Labute approximate surface area is 172 Å². The summed E-state index contributed by atoms with van der Waals surface area (Å²) in [7, 11) is 3.95. The van der Waals surface area contributed by atoms with Crippen molar-refractivity contribution in [2.24, 2.45) is 0 Å². The zero-order valence-electron chi connectivity index (χ0n) is 17.6. The molecule has 0 atom stereocenters. The molecule has 29 heavy (non-hydrogen) atoms. The predicted molar refractivity (Wildman–Crippen MR) is 115 cm³/mol. The van der Waals surface area contributed by atoms with E-state index in [0.717, 1.165) is 22.5 Å². The Morgan fingerprint density at radius 3 is 2.52 bits per heavy atom. The fraction of sp³-hybridized carbons (Fsp3) is 0.391. The highest BCUT2D eigenvalue weighted by Crippen LogP contribution is 2.38. The highest BCUT2D eigenvalue weighted by molar-refractivity contribution is 5.89. The molecule has 0 aliphatic heterocycles. The van der Waals surface area contributed by atoms with Gasteiger partial charge in [0, 0.05) is 49.8 Å². The van der Waals surface area contributed by atoms with Crippen molar-refractivity contribution in [3.05, 3.63) is 58.9 Å². The molecule has 1 saturated carbocycles. The number of amides is 1. The van der Waals surface area contributed by atoms with Gasteiger partial charge in [-0.25, -0.2) is 4.79 Å². The summed E-state index contributed by atoms with van der Waals surface area (Å²) in [5.74, 6) is -0.845. The zero-order valence-corrected chi connectivity index (χ0v) is 17.6. The molecule has 1 aromatic carbocycles. The van der Waals surface area contributed by atoms with Crippen molar-refractivity contribution in [1.82, 2.24) is 9.88 Å². The van der Waals surface area contributed by atoms with Gasteiger partial charge in [-0.3, -0.25) is 4.79 Å². The van der Waals surface area contributed by atoms with Gasteiger partial charge in [-0.1, -0.05) is 12.1 Å². The lowest BCUT2D eigenvalue weighted by Crippen LogP contribution is -2.28. The molecule has 6 nitrogen and oxygen atoms in total. The molecule has 1 fully saturated rings. The number of benzene rings is 1. The molecule has 0 spiro atoms. The number of nitrogens with zero attached hydrogens (tertiary/aromatic N) is 2. The van der Waals surface area contributed by atoms with E-state index in [1.165, 1.54) is 24.6 Å². The number of carbonyl (C=O) groups excluding carboxylic acids is 2. The molecule has 154 valence electrons. The normalized spacial score (nSPS) is 13.5. The van der Waals surface area contributed by atoms with Gasteiger partial charge in [0.15, 0.2) is 6.61 Å². The van der Waals surface area contributed by atoms with Crippen molar-refractivity contribution in [3.63, 3.8) is 0 Å². The quantitative estimate of drug-likeness (QED) is 0.550. The van der Waals surface area contributed by atoms with Gasteiger partial charge in [-0.05, 0) is 62.1 Å². The molecule has 1 heterocycles. The molecule has 1 N–H and O–H groups in total. The fourth-order valence-electron chi connectivity index (χ4n) is 3.37. The van der Waals surface area contributed by atoms with Crippen LogP contribution in [0.3, 0.4) is 0 Å². The molecule has 0 saturated heterocycles. The van der Waals surface area contributed by atoms with Crippen LogP contribution in [0.4, 0.5) is 5.69 Å². The molecule has 3 rings (SSSR count). The van der Waals surface area contributed by atoms with Gasteiger partial charge < -0.3 is 19.5 Å². The van der Waals surface area contributed by atoms with E-state index in [2.05, 4.69) is 29.8 Å². The van der Waals surface area contributed by atoms with Crippen molar-refractivity contribution in [2.75, 3.05) is 25.6 Å². The third-order valence-electron chi connectivity index (χ3n) is 5.12. The molecule has 0 bridgehead atoms. The number of aromatic nitrogens is 1. The summed E-state index contributed by atoms with van der Waals surface area (Å²) in [5.41, 5.74) is 5.46. The van der Waals surface area contributed by atoms with Crippen LogP contribution in [0.25, 0.3) is 6.08 Å². The summed E-state index contributed by atoms with van der Waals surface area (Å²) in [6, 6.07) is 10.6. The summed E-state index contributed by atoms with van der Waals surface area (Å²) in [6.07, 6.45) is 5.58. The number of aryl methyl sites for hydroxylation is 1. The Bertz CT molecular complexity index is 906. The van der Waals surface area contributed by atoms with Crippen LogP contribution in [0, 0.1) is 13.8 Å². The van der Waals surface area contributed by atoms with E-state index in [1.54, 1.807) is 6.08 Å². The SMILES string of the molecule is Cc1cc(/C=C/C(=O)OCC(=O)NCc2ccc(N(C)C)cc2)c(C)n1C1CC1. The summed E-state index contributed by atoms with van der Waals surface area (Å²) in [6.45, 7) is 4.25. The topological polar surface area (TPSA) is 63.6 Å². The van der Waals surface area contributed by atoms with Crippen molar-refractivity contribution < 1.29 is 14.3 Å². The first-order chi connectivity index (χ1) is 13.8. The number of anilines is 1. The summed E-state index contributed by atoms with van der Waals surface area (Å²) in [4.78, 5) is 25.9. The van der Waals surface area contributed by atoms with E-state index in [9.17, 15) is 9.59 Å². The molecular weight excluding hydrogens is 366 g/mol. The Kier molecular flexibility index (Phi) is 6.42. The number of rotatable bonds is 8. The number of esters is 1. The van der Waals surface area contributed by atoms with Crippen LogP contribution in [-0.2, 0) is 20.9 Å². The maximum Gasteiger partial charge on any atom is 0.331 e. The van der Waals surface area contributed by atoms with Crippen LogP contribution >= 0.6 is 0 Å². The van der Waals surface area contributed by atoms with Crippen LogP contribution in [0.2, 0.25) is 0 Å². The highest BCUT2D eigenvalue weighted by Gasteiger charge is 2.26. The Balaban J connectivity index is 1.43. The monoisotopic (exact) mass is 395 g/mol. The van der Waals surface area contributed by atoms with Crippen LogP contribution < -0.4 is 10.2 Å². The lowest BCUT2D eigenvalue weighted by atomic mass is 10.2. The Hall–Kier alpha value is -3.02. The van der Waals surface area contributed by atoms with Gasteiger partial charge in [0.1, 0.15) is 0 Å². The average molecular weight is 396 g/mol. The first-order valence-electron chi connectivity index (χ1n) is 9.91. The van der Waals surface area contributed by atoms with Gasteiger partial charge in [0.2, 0.25) is 0 Å². The van der Waals surface area contributed by atoms with Crippen LogP contribution in [0.5, 0.6) is 0 Å². The second-order valence-corrected chi connectivity index (χ2v) is 7.71. The van der Waals surface area contributed by atoms with Gasteiger partial charge >= 0.3 is 5.97 Å². The lowest BCUT2D eigenvalue weighted by Gasteiger charge is -2.12. The van der Waals surface area contributed by atoms with Crippen molar-refractivity contribution in [1.29, 1.82) is 0 Å². The third-order valence-corrected chi connectivity index (χ3v) is 5.12. The molecule has 0 radical (unpaired) electrons. The van der Waals surface area contributed by atoms with Gasteiger partial charge in [0.25, 0.3) is 5.91 Å². The summed E-state index contributed by atoms with van der Waals surface area (Å²) in [5, 5.41) is 2.76. The van der Waals surface area contributed by atoms with E-state index in [0.29, 0.717) is 12.6 Å². The maximum atomic E-state index is 11.9. The van der Waals surface area contributed by atoms with Crippen molar-refractivity contribution in [3.8, 4) is 0 Å². The van der Waals surface area contributed by atoms with Crippen LogP contribution in [0.1, 0.15) is 41.4 Å². The molecule has 6 heteroatoms. The second kappa shape index (κ2) is 8.99. The number of ether oxygens (including phenoxy) is 1. The van der Waals surface area contributed by atoms with E-state index in [1.807, 2.05) is 43.3 Å². The number of hydrogen-bond acceptors (Lipinski definition) is 4. The van der Waals surface area contributed by atoms with Crippen molar-refractivity contribution in [2.45, 2.75) is 39.3 Å².